The van der Waals surface area contributed by atoms with E-state index in [1.165, 1.54) is 10.7 Å². The fourth-order valence-electron chi connectivity index (χ4n) is 4.42. The van der Waals surface area contributed by atoms with E-state index >= 15 is 0 Å². The largest absolute Gasteiger partial charge is 0.488 e. The van der Waals surface area contributed by atoms with Crippen molar-refractivity contribution in [3.8, 4) is 5.75 Å². The Balaban J connectivity index is 1.27. The van der Waals surface area contributed by atoms with Crippen molar-refractivity contribution in [1.29, 1.82) is 0 Å². The lowest BCUT2D eigenvalue weighted by Crippen LogP contribution is -2.36. The van der Waals surface area contributed by atoms with Crippen LogP contribution >= 0.6 is 0 Å². The predicted octanol–water partition coefficient (Wildman–Crippen LogP) is 2.36. The molecule has 2 aliphatic rings. The Morgan fingerprint density at radius 2 is 1.84 bits per heavy atom. The quantitative estimate of drug-likeness (QED) is 0.652. The number of aromatic nitrogens is 4. The minimum Gasteiger partial charge on any atom is -0.488 e. The highest BCUT2D eigenvalue weighted by molar-refractivity contribution is 5.85. The third kappa shape index (κ3) is 4.52. The molecule has 2 aromatic heterocycles. The molecule has 32 heavy (non-hydrogen) atoms. The van der Waals surface area contributed by atoms with Crippen LogP contribution in [-0.2, 0) is 11.8 Å². The summed E-state index contributed by atoms with van der Waals surface area (Å²) in [5.41, 5.74) is 2.65. The molecule has 1 aromatic carbocycles. The lowest BCUT2D eigenvalue weighted by atomic mass is 9.93. The fourth-order valence-corrected chi connectivity index (χ4v) is 4.42. The maximum absolute atomic E-state index is 11.5. The molecule has 168 valence electrons. The van der Waals surface area contributed by atoms with Gasteiger partial charge in [0.05, 0.1) is 24.8 Å². The molecule has 1 N–H and O–H groups in total. The third-order valence-corrected chi connectivity index (χ3v) is 6.18. The summed E-state index contributed by atoms with van der Waals surface area (Å²) in [6.07, 6.45) is 7.39. The van der Waals surface area contributed by atoms with Crippen molar-refractivity contribution in [2.45, 2.75) is 37.8 Å². The van der Waals surface area contributed by atoms with Crippen LogP contribution in [0.1, 0.15) is 25.7 Å². The van der Waals surface area contributed by atoms with Crippen LogP contribution in [0.3, 0.4) is 0 Å². The van der Waals surface area contributed by atoms with Crippen LogP contribution in [-0.4, -0.2) is 58.2 Å². The first-order chi connectivity index (χ1) is 15.7. The summed E-state index contributed by atoms with van der Waals surface area (Å²) in [5.74, 6) is 1.53. The fraction of sp³-hybridized carbons (Fsp3) is 0.478. The highest BCUT2D eigenvalue weighted by Gasteiger charge is 2.24. The van der Waals surface area contributed by atoms with Crippen molar-refractivity contribution in [2.75, 3.05) is 36.5 Å². The van der Waals surface area contributed by atoms with Crippen molar-refractivity contribution in [1.82, 2.24) is 19.7 Å². The van der Waals surface area contributed by atoms with E-state index in [1.807, 2.05) is 0 Å². The van der Waals surface area contributed by atoms with Crippen molar-refractivity contribution in [2.24, 2.45) is 7.05 Å². The minimum absolute atomic E-state index is 0.109. The first-order valence-corrected chi connectivity index (χ1v) is 11.2. The Morgan fingerprint density at radius 1 is 1.06 bits per heavy atom. The van der Waals surface area contributed by atoms with Gasteiger partial charge < -0.3 is 19.7 Å². The molecule has 3 aromatic rings. The maximum atomic E-state index is 11.5. The summed E-state index contributed by atoms with van der Waals surface area (Å²) >= 11 is 0. The number of benzene rings is 1. The highest BCUT2D eigenvalue weighted by Crippen LogP contribution is 2.33. The number of fused-ring (bicyclic) bond motifs is 1. The molecule has 0 amide bonds. The normalized spacial score (nSPS) is 21.5. The van der Waals surface area contributed by atoms with Crippen molar-refractivity contribution < 1.29 is 9.47 Å². The summed E-state index contributed by atoms with van der Waals surface area (Å²) < 4.78 is 13.3. The lowest BCUT2D eigenvalue weighted by molar-refractivity contribution is 0.122. The number of nitrogens with one attached hydrogen (secondary N) is 1. The van der Waals surface area contributed by atoms with Gasteiger partial charge in [-0.1, -0.05) is 0 Å². The van der Waals surface area contributed by atoms with Gasteiger partial charge in [0.15, 0.2) is 0 Å². The first-order valence-electron chi connectivity index (χ1n) is 11.2. The van der Waals surface area contributed by atoms with E-state index in [2.05, 4.69) is 37.4 Å². The Labute approximate surface area is 186 Å². The van der Waals surface area contributed by atoms with E-state index in [-0.39, 0.29) is 11.7 Å². The van der Waals surface area contributed by atoms with Gasteiger partial charge in [0.2, 0.25) is 0 Å². The SMILES string of the molecule is Cn1nc(N[C@H]2CC[C@@H](Oc3cc(N4CCOCC4)cc4nccnc34)CC2)ccc1=O. The van der Waals surface area contributed by atoms with Gasteiger partial charge in [0.25, 0.3) is 5.56 Å². The van der Waals surface area contributed by atoms with E-state index in [0.29, 0.717) is 6.04 Å². The van der Waals surface area contributed by atoms with Crippen LogP contribution in [0, 0.1) is 0 Å². The van der Waals surface area contributed by atoms with E-state index in [4.69, 9.17) is 9.47 Å². The zero-order chi connectivity index (χ0) is 21.9. The monoisotopic (exact) mass is 436 g/mol. The molecule has 2 fully saturated rings. The van der Waals surface area contributed by atoms with E-state index < -0.39 is 0 Å². The minimum atomic E-state index is -0.109. The van der Waals surface area contributed by atoms with Crippen LogP contribution < -0.4 is 20.5 Å². The highest BCUT2D eigenvalue weighted by atomic mass is 16.5. The number of ether oxygens (including phenoxy) is 2. The van der Waals surface area contributed by atoms with E-state index in [1.54, 1.807) is 25.5 Å². The van der Waals surface area contributed by atoms with Crippen LogP contribution in [0.4, 0.5) is 11.5 Å². The molecule has 1 saturated heterocycles. The summed E-state index contributed by atoms with van der Waals surface area (Å²) in [6.45, 7) is 3.19. The number of rotatable bonds is 5. The van der Waals surface area contributed by atoms with Crippen LogP contribution in [0.2, 0.25) is 0 Å². The van der Waals surface area contributed by atoms with Crippen molar-refractivity contribution in [3.63, 3.8) is 0 Å². The Kier molecular flexibility index (Phi) is 5.89. The Hall–Kier alpha value is -3.20. The molecule has 9 heteroatoms. The van der Waals surface area contributed by atoms with E-state index in [0.717, 1.165) is 80.3 Å². The molecule has 1 aliphatic carbocycles. The van der Waals surface area contributed by atoms with Gasteiger partial charge in [0.1, 0.15) is 17.1 Å². The second-order valence-corrected chi connectivity index (χ2v) is 8.38. The molecule has 1 saturated carbocycles. The van der Waals surface area contributed by atoms with Gasteiger partial charge in [-0.3, -0.25) is 9.78 Å². The van der Waals surface area contributed by atoms with Gasteiger partial charge in [-0.05, 0) is 37.8 Å². The molecule has 0 bridgehead atoms. The van der Waals surface area contributed by atoms with Crippen molar-refractivity contribution in [3.05, 3.63) is 47.0 Å². The van der Waals surface area contributed by atoms with Gasteiger partial charge in [-0.2, -0.15) is 5.10 Å². The van der Waals surface area contributed by atoms with Crippen LogP contribution in [0.25, 0.3) is 11.0 Å². The maximum Gasteiger partial charge on any atom is 0.266 e. The van der Waals surface area contributed by atoms with Crippen LogP contribution in [0.5, 0.6) is 5.75 Å². The number of hydrogen-bond acceptors (Lipinski definition) is 8. The standard InChI is InChI=1S/C23H28N6O3/c1-28-22(30)7-6-21(27-28)26-16-2-4-18(5-3-16)32-20-15-17(29-10-12-31-13-11-29)14-19-23(20)25-9-8-24-19/h6-9,14-16,18H,2-5,10-13H2,1H3,(H,26,27)/t16-,18+. The Morgan fingerprint density at radius 3 is 2.62 bits per heavy atom. The number of aryl methyl sites for hydroxylation is 1. The number of nitrogens with zero attached hydrogens (tertiary/aromatic N) is 5. The third-order valence-electron chi connectivity index (χ3n) is 6.18. The van der Waals surface area contributed by atoms with E-state index in [9.17, 15) is 4.79 Å². The molecule has 1 aliphatic heterocycles. The van der Waals surface area contributed by atoms with Gasteiger partial charge in [-0.15, -0.1) is 0 Å². The van der Waals surface area contributed by atoms with Gasteiger partial charge >= 0.3 is 0 Å². The molecular weight excluding hydrogens is 408 g/mol. The zero-order valence-electron chi connectivity index (χ0n) is 18.2. The smallest absolute Gasteiger partial charge is 0.266 e. The molecule has 0 unspecified atom stereocenters. The average Bonchev–Trinajstić information content (AvgIpc) is 2.83. The summed E-state index contributed by atoms with van der Waals surface area (Å²) in [6, 6.07) is 7.78. The second-order valence-electron chi connectivity index (χ2n) is 8.38. The average molecular weight is 437 g/mol. The molecule has 0 atom stereocenters. The second kappa shape index (κ2) is 9.12. The predicted molar refractivity (Wildman–Crippen MR) is 122 cm³/mol. The topological polar surface area (TPSA) is 94.4 Å². The van der Waals surface area contributed by atoms with Crippen molar-refractivity contribution >= 4 is 22.5 Å². The first kappa shape index (κ1) is 20.7. The summed E-state index contributed by atoms with van der Waals surface area (Å²) in [7, 11) is 1.66. The van der Waals surface area contributed by atoms with Gasteiger partial charge in [0, 0.05) is 56.4 Å². The zero-order valence-corrected chi connectivity index (χ0v) is 18.2. The molecule has 0 radical (unpaired) electrons. The number of morpholine rings is 1. The number of anilines is 2. The van der Waals surface area contributed by atoms with Gasteiger partial charge in [-0.25, -0.2) is 9.67 Å². The molecular formula is C23H28N6O3. The number of hydrogen-bond donors (Lipinski definition) is 1. The lowest BCUT2D eigenvalue weighted by Gasteiger charge is -2.31. The molecule has 9 nitrogen and oxygen atoms in total. The summed E-state index contributed by atoms with van der Waals surface area (Å²) in [5, 5.41) is 7.72. The molecule has 5 rings (SSSR count). The molecule has 0 spiro atoms. The summed E-state index contributed by atoms with van der Waals surface area (Å²) in [4.78, 5) is 22.9. The van der Waals surface area contributed by atoms with Crippen LogP contribution in [0.15, 0.2) is 41.5 Å². The molecule has 3 heterocycles. The Bertz CT molecular complexity index is 1140.